The first-order chi connectivity index (χ1) is 5.49. The van der Waals surface area contributed by atoms with Gasteiger partial charge < -0.3 is 16.2 Å². The molecule has 0 aliphatic rings. The van der Waals surface area contributed by atoms with Crippen LogP contribution in [-0.2, 0) is 4.79 Å². The summed E-state index contributed by atoms with van der Waals surface area (Å²) in [6.07, 6.45) is 0.678. The number of primary amides is 1. The molecule has 0 aromatic rings. The molecule has 0 rings (SSSR count). The van der Waals surface area contributed by atoms with Crippen molar-refractivity contribution < 1.29 is 14.7 Å². The third-order valence-corrected chi connectivity index (χ3v) is 1.78. The van der Waals surface area contributed by atoms with Crippen LogP contribution >= 0.6 is 0 Å². The Kier molecular flexibility index (Phi) is 4.10. The molecule has 4 N–H and O–H groups in total. The van der Waals surface area contributed by atoms with E-state index in [4.69, 9.17) is 10.8 Å². The zero-order valence-electron chi connectivity index (χ0n) is 7.20. The Morgan fingerprint density at radius 3 is 2.33 bits per heavy atom. The molecule has 0 radical (unpaired) electrons. The standard InChI is InChI=1S/C7H14N2O3/c1-3-4(2)5(6(10)11)9-7(8)12/h4-5H,3H2,1-2H3,(H,10,11)(H3,8,9,12)/t4-,5-/m0/s1. The normalized spacial score (nSPS) is 14.8. The fraction of sp³-hybridized carbons (Fsp3) is 0.714. The quantitative estimate of drug-likeness (QED) is 0.566. The van der Waals surface area contributed by atoms with Crippen molar-refractivity contribution in [1.29, 1.82) is 0 Å². The van der Waals surface area contributed by atoms with Crippen LogP contribution in [0.1, 0.15) is 20.3 Å². The van der Waals surface area contributed by atoms with E-state index in [1.165, 1.54) is 0 Å². The third-order valence-electron chi connectivity index (χ3n) is 1.78. The molecule has 0 unspecified atom stereocenters. The van der Waals surface area contributed by atoms with Crippen LogP contribution < -0.4 is 11.1 Å². The Morgan fingerprint density at radius 2 is 2.08 bits per heavy atom. The first-order valence-corrected chi connectivity index (χ1v) is 3.77. The number of carbonyl (C=O) groups excluding carboxylic acids is 1. The second-order valence-corrected chi connectivity index (χ2v) is 2.71. The molecule has 0 aromatic heterocycles. The van der Waals surface area contributed by atoms with Gasteiger partial charge in [0.2, 0.25) is 0 Å². The van der Waals surface area contributed by atoms with Crippen LogP contribution in [0.4, 0.5) is 4.79 Å². The molecule has 0 aromatic carbocycles. The molecular weight excluding hydrogens is 160 g/mol. The summed E-state index contributed by atoms with van der Waals surface area (Å²) in [6.45, 7) is 3.60. The number of hydrogen-bond donors (Lipinski definition) is 3. The molecule has 0 aliphatic heterocycles. The lowest BCUT2D eigenvalue weighted by Gasteiger charge is -2.18. The van der Waals surface area contributed by atoms with Crippen molar-refractivity contribution in [2.24, 2.45) is 11.7 Å². The number of carbonyl (C=O) groups is 2. The van der Waals surface area contributed by atoms with E-state index in [2.05, 4.69) is 5.32 Å². The minimum absolute atomic E-state index is 0.116. The highest BCUT2D eigenvalue weighted by atomic mass is 16.4. The topological polar surface area (TPSA) is 92.4 Å². The number of aliphatic carboxylic acids is 1. The van der Waals surface area contributed by atoms with E-state index in [1.807, 2.05) is 6.92 Å². The largest absolute Gasteiger partial charge is 0.480 e. The van der Waals surface area contributed by atoms with Crippen LogP contribution in [-0.4, -0.2) is 23.1 Å². The Balaban J connectivity index is 4.22. The predicted octanol–water partition coefficient (Wildman–Crippen LogP) is 0.154. The highest BCUT2D eigenvalue weighted by Crippen LogP contribution is 2.07. The van der Waals surface area contributed by atoms with Gasteiger partial charge in [0.15, 0.2) is 0 Å². The van der Waals surface area contributed by atoms with E-state index >= 15 is 0 Å². The predicted molar refractivity (Wildman–Crippen MR) is 43.6 cm³/mol. The first kappa shape index (κ1) is 10.7. The van der Waals surface area contributed by atoms with E-state index in [9.17, 15) is 9.59 Å². The number of carboxylic acid groups (broad SMARTS) is 1. The van der Waals surface area contributed by atoms with Gasteiger partial charge in [-0.25, -0.2) is 9.59 Å². The summed E-state index contributed by atoms with van der Waals surface area (Å²) >= 11 is 0. The van der Waals surface area contributed by atoms with Crippen molar-refractivity contribution in [3.8, 4) is 0 Å². The first-order valence-electron chi connectivity index (χ1n) is 3.77. The van der Waals surface area contributed by atoms with Crippen LogP contribution in [0.2, 0.25) is 0 Å². The van der Waals surface area contributed by atoms with Gasteiger partial charge in [-0.15, -0.1) is 0 Å². The second-order valence-electron chi connectivity index (χ2n) is 2.71. The SMILES string of the molecule is CC[C@H](C)[C@H](NC(N)=O)C(=O)O. The van der Waals surface area contributed by atoms with E-state index in [-0.39, 0.29) is 5.92 Å². The highest BCUT2D eigenvalue weighted by molar-refractivity contribution is 5.81. The zero-order valence-corrected chi connectivity index (χ0v) is 7.20. The summed E-state index contributed by atoms with van der Waals surface area (Å²) < 4.78 is 0. The van der Waals surface area contributed by atoms with E-state index in [0.29, 0.717) is 6.42 Å². The lowest BCUT2D eigenvalue weighted by Crippen LogP contribution is -2.47. The molecule has 0 fully saturated rings. The zero-order chi connectivity index (χ0) is 9.72. The molecule has 5 nitrogen and oxygen atoms in total. The summed E-state index contributed by atoms with van der Waals surface area (Å²) in [7, 11) is 0. The van der Waals surface area contributed by atoms with Gasteiger partial charge in [-0.1, -0.05) is 20.3 Å². The number of nitrogens with one attached hydrogen (secondary N) is 1. The molecule has 0 bridgehead atoms. The third kappa shape index (κ3) is 3.23. The van der Waals surface area contributed by atoms with Crippen molar-refractivity contribution in [3.63, 3.8) is 0 Å². The summed E-state index contributed by atoms with van der Waals surface area (Å²) in [5, 5.41) is 10.8. The number of nitrogens with two attached hydrogens (primary N) is 1. The van der Waals surface area contributed by atoms with Gasteiger partial charge in [-0.3, -0.25) is 0 Å². The minimum Gasteiger partial charge on any atom is -0.480 e. The Bertz CT molecular complexity index is 181. The molecule has 12 heavy (non-hydrogen) atoms. The summed E-state index contributed by atoms with van der Waals surface area (Å²) in [5.74, 6) is -1.17. The van der Waals surface area contributed by atoms with Gasteiger partial charge in [0.25, 0.3) is 0 Å². The van der Waals surface area contributed by atoms with Gasteiger partial charge >= 0.3 is 12.0 Å². The van der Waals surface area contributed by atoms with E-state index in [0.717, 1.165) is 0 Å². The van der Waals surface area contributed by atoms with Crippen LogP contribution in [0.15, 0.2) is 0 Å². The maximum absolute atomic E-state index is 10.6. The van der Waals surface area contributed by atoms with Gasteiger partial charge in [-0.05, 0) is 5.92 Å². The van der Waals surface area contributed by atoms with Gasteiger partial charge in [0, 0.05) is 0 Å². The van der Waals surface area contributed by atoms with Gasteiger partial charge in [-0.2, -0.15) is 0 Å². The van der Waals surface area contributed by atoms with Crippen molar-refractivity contribution in [2.45, 2.75) is 26.3 Å². The van der Waals surface area contributed by atoms with Crippen LogP contribution in [0, 0.1) is 5.92 Å². The summed E-state index contributed by atoms with van der Waals surface area (Å²) in [4.78, 5) is 20.9. The number of rotatable bonds is 4. The maximum atomic E-state index is 10.6. The average Bonchev–Trinajstić information content (AvgIpc) is 1.98. The second kappa shape index (κ2) is 4.58. The Labute approximate surface area is 70.9 Å². The van der Waals surface area contributed by atoms with E-state index < -0.39 is 18.0 Å². The number of carboxylic acids is 1. The highest BCUT2D eigenvalue weighted by Gasteiger charge is 2.23. The van der Waals surface area contributed by atoms with Crippen molar-refractivity contribution in [3.05, 3.63) is 0 Å². The molecule has 0 aliphatic carbocycles. The molecule has 2 amide bonds. The average molecular weight is 174 g/mol. The molecular formula is C7H14N2O3. The van der Waals surface area contributed by atoms with E-state index in [1.54, 1.807) is 6.92 Å². The molecule has 0 saturated heterocycles. The van der Waals surface area contributed by atoms with Crippen molar-refractivity contribution in [1.82, 2.24) is 5.32 Å². The fourth-order valence-corrected chi connectivity index (χ4v) is 0.836. The van der Waals surface area contributed by atoms with Crippen molar-refractivity contribution in [2.75, 3.05) is 0 Å². The van der Waals surface area contributed by atoms with Crippen molar-refractivity contribution >= 4 is 12.0 Å². The molecule has 5 heteroatoms. The number of amides is 2. The minimum atomic E-state index is -1.05. The summed E-state index contributed by atoms with van der Waals surface area (Å²) in [6, 6.07) is -1.68. The lowest BCUT2D eigenvalue weighted by atomic mass is 10.00. The lowest BCUT2D eigenvalue weighted by molar-refractivity contribution is -0.140. The molecule has 2 atom stereocenters. The molecule has 0 saturated carbocycles. The Hall–Kier alpha value is -1.26. The molecule has 0 spiro atoms. The monoisotopic (exact) mass is 174 g/mol. The van der Waals surface area contributed by atoms with Crippen LogP contribution in [0.25, 0.3) is 0 Å². The molecule has 70 valence electrons. The van der Waals surface area contributed by atoms with Crippen LogP contribution in [0.3, 0.4) is 0 Å². The molecule has 0 heterocycles. The van der Waals surface area contributed by atoms with Gasteiger partial charge in [0.1, 0.15) is 6.04 Å². The smallest absolute Gasteiger partial charge is 0.326 e. The maximum Gasteiger partial charge on any atom is 0.326 e. The number of urea groups is 1. The fourth-order valence-electron chi connectivity index (χ4n) is 0.836. The van der Waals surface area contributed by atoms with Crippen LogP contribution in [0.5, 0.6) is 0 Å². The number of hydrogen-bond acceptors (Lipinski definition) is 2. The summed E-state index contributed by atoms with van der Waals surface area (Å²) in [5.41, 5.74) is 4.81. The van der Waals surface area contributed by atoms with Gasteiger partial charge in [0.05, 0.1) is 0 Å². The Morgan fingerprint density at radius 1 is 1.58 bits per heavy atom.